The van der Waals surface area contributed by atoms with E-state index in [1.807, 2.05) is 86.1 Å². The Morgan fingerprint density at radius 2 is 0.977 bits per heavy atom. The minimum atomic E-state index is -2.40. The third kappa shape index (κ3) is 10.2. The van der Waals surface area contributed by atoms with E-state index in [1.165, 1.54) is 0 Å². The Balaban J connectivity index is 1.54. The van der Waals surface area contributed by atoms with Gasteiger partial charge in [-0.05, 0) is 35.6 Å². The van der Waals surface area contributed by atoms with Crippen LogP contribution in [0.3, 0.4) is 0 Å². The Morgan fingerprint density at radius 3 is 1.41 bits per heavy atom. The van der Waals surface area contributed by atoms with Gasteiger partial charge in [-0.1, -0.05) is 133 Å². The highest BCUT2D eigenvalue weighted by atomic mass is 32.4. The zero-order chi connectivity index (χ0) is 34.1. The van der Waals surface area contributed by atoms with Gasteiger partial charge >= 0.3 is 0 Å². The largest absolute Gasteiger partial charge is 0.374 e. The van der Waals surface area contributed by atoms with Crippen molar-refractivity contribution >= 4 is 18.1 Å². The summed E-state index contributed by atoms with van der Waals surface area (Å²) in [5, 5.41) is 0. The van der Waals surface area contributed by atoms with Crippen molar-refractivity contribution in [2.75, 3.05) is 19.9 Å². The molecule has 5 rings (SSSR count). The molecule has 0 spiro atoms. The van der Waals surface area contributed by atoms with E-state index in [0.29, 0.717) is 22.3 Å². The lowest BCUT2D eigenvalue weighted by atomic mass is 9.98. The first-order valence-electron chi connectivity index (χ1n) is 16.8. The van der Waals surface area contributed by atoms with Gasteiger partial charge < -0.3 is 28.2 Å². The molecular weight excluding hydrogens is 591 g/mol. The molecule has 0 saturated carbocycles. The van der Waals surface area contributed by atoms with Gasteiger partial charge in [0, 0.05) is 0 Å². The van der Waals surface area contributed by atoms with Crippen molar-refractivity contribution < 1.29 is 33.7 Å². The zero-order valence-electron chi connectivity index (χ0n) is 28.8. The van der Waals surface area contributed by atoms with Crippen LogP contribution in [0.15, 0.2) is 121 Å². The van der Waals surface area contributed by atoms with E-state index < -0.39 is 63.3 Å². The summed E-state index contributed by atoms with van der Waals surface area (Å²) in [6.45, 7) is -1.07. The Labute approximate surface area is 271 Å². The second kappa shape index (κ2) is 16.6. The maximum Gasteiger partial charge on any atom is 0.191 e. The standard InChI is InChI=1S/C36H41O6PS/c1-43(2,44)42-36-35(40-26-31-21-13-6-14-22-31)34(39-25-30-19-11-5-12-20-30)33(38-24-29-17-9-4-10-18-29)32(41-36)27-37-23-28-15-7-3-8-16-28/h3-22,32-36H,23-27H2,1-2H3/t32-,33-,34+,35-,36?/m1/s1/i23D,24D,25D,26D/t23?,24?,25?,26?,32-,33-,34+,35-,36?. The van der Waals surface area contributed by atoms with Crippen molar-refractivity contribution in [1.82, 2.24) is 0 Å². The molecule has 4 aromatic carbocycles. The first kappa shape index (κ1) is 27.6. The number of hydrogen-bond donors (Lipinski definition) is 0. The van der Waals surface area contributed by atoms with Crippen LogP contribution in [0.1, 0.15) is 27.7 Å². The van der Waals surface area contributed by atoms with E-state index in [9.17, 15) is 0 Å². The van der Waals surface area contributed by atoms with Gasteiger partial charge in [-0.2, -0.15) is 0 Å². The summed E-state index contributed by atoms with van der Waals surface area (Å²) in [4.78, 5) is 0. The summed E-state index contributed by atoms with van der Waals surface area (Å²) in [6, 6.07) is 36.3. The van der Waals surface area contributed by atoms with Crippen LogP contribution in [0.5, 0.6) is 0 Å². The van der Waals surface area contributed by atoms with Crippen LogP contribution >= 0.6 is 6.26 Å². The highest BCUT2D eigenvalue weighted by molar-refractivity contribution is 8.11. The zero-order valence-corrected chi connectivity index (χ0v) is 26.5. The average Bonchev–Trinajstić information content (AvgIpc) is 3.10. The predicted molar refractivity (Wildman–Crippen MR) is 177 cm³/mol. The van der Waals surface area contributed by atoms with Gasteiger partial charge in [0.1, 0.15) is 24.4 Å². The SMILES string of the molecule is [2H]C(OC[C@H]1OC(OP(C)(C)=S)[C@H](OC([2H])c2ccccc2)[C@@H](OC([2H])c2ccccc2)[C@@H]1OC([2H])c1ccccc1)c1ccccc1. The van der Waals surface area contributed by atoms with Crippen molar-refractivity contribution in [1.29, 1.82) is 0 Å². The molecule has 1 fully saturated rings. The molecule has 4 aromatic rings. The molecule has 1 aliphatic heterocycles. The number of benzene rings is 4. The van der Waals surface area contributed by atoms with E-state index in [4.69, 9.17) is 45.5 Å². The second-order valence-electron chi connectivity index (χ2n) is 10.6. The molecule has 0 amide bonds. The van der Waals surface area contributed by atoms with Gasteiger partial charge in [0.25, 0.3) is 0 Å². The van der Waals surface area contributed by atoms with Crippen LogP contribution in [-0.4, -0.2) is 50.6 Å². The topological polar surface area (TPSA) is 55.4 Å². The van der Waals surface area contributed by atoms with Crippen molar-refractivity contribution in [3.63, 3.8) is 0 Å². The van der Waals surface area contributed by atoms with Crippen LogP contribution in [0, 0.1) is 0 Å². The predicted octanol–water partition coefficient (Wildman–Crippen LogP) is 7.36. The molecule has 1 saturated heterocycles. The van der Waals surface area contributed by atoms with E-state index in [1.54, 1.807) is 48.5 Å². The van der Waals surface area contributed by atoms with Gasteiger partial charge in [0.2, 0.25) is 0 Å². The molecule has 232 valence electrons. The summed E-state index contributed by atoms with van der Waals surface area (Å²) < 4.78 is 73.9. The highest BCUT2D eigenvalue weighted by Crippen LogP contribution is 2.43. The van der Waals surface area contributed by atoms with Crippen molar-refractivity contribution in [3.05, 3.63) is 144 Å². The fourth-order valence-electron chi connectivity index (χ4n) is 4.65. The lowest BCUT2D eigenvalue weighted by Gasteiger charge is -2.46. The minimum Gasteiger partial charge on any atom is -0.374 e. The van der Waals surface area contributed by atoms with E-state index in [-0.39, 0.29) is 6.61 Å². The van der Waals surface area contributed by atoms with Crippen molar-refractivity contribution in [2.45, 2.75) is 57.0 Å². The molecule has 5 unspecified atom stereocenters. The Hall–Kier alpha value is -2.71. The second-order valence-corrected chi connectivity index (χ2v) is 16.0. The summed E-state index contributed by atoms with van der Waals surface area (Å²) in [5.41, 5.74) is 2.44. The van der Waals surface area contributed by atoms with Gasteiger partial charge in [-0.3, -0.25) is 0 Å². The molecule has 9 atom stereocenters. The summed E-state index contributed by atoms with van der Waals surface area (Å²) >= 11 is 5.71. The smallest absolute Gasteiger partial charge is 0.191 e. The lowest BCUT2D eigenvalue weighted by molar-refractivity contribution is -0.309. The molecule has 0 N–H and O–H groups in total. The van der Waals surface area contributed by atoms with Gasteiger partial charge in [0.05, 0.1) is 44.7 Å². The number of ether oxygens (including phenoxy) is 5. The first-order valence-corrected chi connectivity index (χ1v) is 18.1. The van der Waals surface area contributed by atoms with Gasteiger partial charge in [-0.15, -0.1) is 0 Å². The molecule has 1 aliphatic rings. The van der Waals surface area contributed by atoms with Gasteiger partial charge in [-0.25, -0.2) is 0 Å². The molecule has 44 heavy (non-hydrogen) atoms. The van der Waals surface area contributed by atoms with E-state index in [0.717, 1.165) is 0 Å². The van der Waals surface area contributed by atoms with Crippen LogP contribution in [0.25, 0.3) is 0 Å². The maximum absolute atomic E-state index is 9.03. The van der Waals surface area contributed by atoms with Crippen molar-refractivity contribution in [2.24, 2.45) is 0 Å². The third-order valence-corrected chi connectivity index (χ3v) is 7.68. The molecule has 1 heterocycles. The van der Waals surface area contributed by atoms with Crippen molar-refractivity contribution in [3.8, 4) is 0 Å². The van der Waals surface area contributed by atoms with Gasteiger partial charge in [0.15, 0.2) is 6.29 Å². The Bertz CT molecular complexity index is 1570. The normalized spacial score (nSPS) is 26.3. The van der Waals surface area contributed by atoms with Crippen LogP contribution in [0.4, 0.5) is 0 Å². The third-order valence-electron chi connectivity index (χ3n) is 6.71. The quantitative estimate of drug-likeness (QED) is 0.127. The van der Waals surface area contributed by atoms with E-state index in [2.05, 4.69) is 0 Å². The summed E-state index contributed by atoms with van der Waals surface area (Å²) in [5.74, 6) is 0. The molecule has 0 bridgehead atoms. The fourth-order valence-corrected chi connectivity index (χ4v) is 5.57. The molecule has 0 aliphatic carbocycles. The Kier molecular flexibility index (Phi) is 10.4. The lowest BCUT2D eigenvalue weighted by Crippen LogP contribution is -2.61. The molecule has 8 heteroatoms. The summed E-state index contributed by atoms with van der Waals surface area (Å²) in [6.07, 6.45) is -7.71. The monoisotopic (exact) mass is 636 g/mol. The molecular formula is C36H41O6PS. The van der Waals surface area contributed by atoms with Crippen LogP contribution in [-0.2, 0) is 66.3 Å². The molecule has 0 radical (unpaired) electrons. The van der Waals surface area contributed by atoms with E-state index >= 15 is 0 Å². The maximum atomic E-state index is 9.03. The van der Waals surface area contributed by atoms with Crippen LogP contribution < -0.4 is 0 Å². The highest BCUT2D eigenvalue weighted by Gasteiger charge is 2.49. The fraction of sp³-hybridized carbons (Fsp3) is 0.333. The summed E-state index contributed by atoms with van der Waals surface area (Å²) in [7, 11) is 0. The molecule has 6 nitrogen and oxygen atoms in total. The Morgan fingerprint density at radius 1 is 0.591 bits per heavy atom. The molecule has 0 aromatic heterocycles. The minimum absolute atomic E-state index is 0.130. The van der Waals surface area contributed by atoms with Crippen LogP contribution in [0.2, 0.25) is 0 Å². The average molecular weight is 637 g/mol. The first-order chi connectivity index (χ1) is 23.1. The number of rotatable bonds is 15. The number of hydrogen-bond acceptors (Lipinski definition) is 7.